The van der Waals surface area contributed by atoms with Crippen molar-refractivity contribution in [3.8, 4) is 0 Å². The number of halogens is 2. The lowest BCUT2D eigenvalue weighted by Crippen LogP contribution is -2.10. The molecule has 0 radical (unpaired) electrons. The number of carbonyl (C=O) groups is 2. The zero-order chi connectivity index (χ0) is 18.9. The Bertz CT molecular complexity index is 798. The molecule has 2 aromatic carbocycles. The first-order valence-electron chi connectivity index (χ1n) is 8.21. The van der Waals surface area contributed by atoms with Crippen molar-refractivity contribution >= 4 is 46.8 Å². The number of rotatable bonds is 7. The van der Waals surface area contributed by atoms with Gasteiger partial charge in [-0.15, -0.1) is 0 Å². The van der Waals surface area contributed by atoms with Crippen LogP contribution in [0.2, 0.25) is 10.0 Å². The topological polar surface area (TPSA) is 55.4 Å². The van der Waals surface area contributed by atoms with Crippen LogP contribution < -0.4 is 5.32 Å². The second kappa shape index (κ2) is 10.00. The molecule has 0 bridgehead atoms. The maximum Gasteiger partial charge on any atom is 0.338 e. The lowest BCUT2D eigenvalue weighted by Gasteiger charge is -2.07. The average molecular weight is 392 g/mol. The SMILES string of the molecule is CCCCOC(=O)c1cccc(NC(=O)/C=C/c2c(Cl)cccc2Cl)c1. The fraction of sp³-hybridized carbons (Fsp3) is 0.200. The predicted octanol–water partition coefficient (Wildman–Crippen LogP) is 5.60. The summed E-state index contributed by atoms with van der Waals surface area (Å²) in [6.07, 6.45) is 4.64. The van der Waals surface area contributed by atoms with Gasteiger partial charge in [0.25, 0.3) is 0 Å². The lowest BCUT2D eigenvalue weighted by molar-refractivity contribution is -0.111. The van der Waals surface area contributed by atoms with Gasteiger partial charge in [0, 0.05) is 27.4 Å². The third-order valence-electron chi connectivity index (χ3n) is 3.50. The molecule has 0 aliphatic carbocycles. The third kappa shape index (κ3) is 5.90. The molecule has 0 atom stereocenters. The highest BCUT2D eigenvalue weighted by Gasteiger charge is 2.08. The molecule has 0 fully saturated rings. The summed E-state index contributed by atoms with van der Waals surface area (Å²) >= 11 is 12.1. The molecule has 2 rings (SSSR count). The van der Waals surface area contributed by atoms with E-state index in [1.54, 1.807) is 48.5 Å². The highest BCUT2D eigenvalue weighted by molar-refractivity contribution is 6.37. The van der Waals surface area contributed by atoms with E-state index in [1.165, 1.54) is 6.08 Å². The summed E-state index contributed by atoms with van der Waals surface area (Å²) in [4.78, 5) is 24.1. The first-order valence-corrected chi connectivity index (χ1v) is 8.97. The van der Waals surface area contributed by atoms with Crippen LogP contribution in [0.5, 0.6) is 0 Å². The number of ether oxygens (including phenoxy) is 1. The van der Waals surface area contributed by atoms with Crippen molar-refractivity contribution in [3.63, 3.8) is 0 Å². The molecule has 6 heteroatoms. The van der Waals surface area contributed by atoms with E-state index in [0.29, 0.717) is 33.5 Å². The Kier molecular flexibility index (Phi) is 7.70. The molecule has 136 valence electrons. The van der Waals surface area contributed by atoms with E-state index in [2.05, 4.69) is 5.32 Å². The van der Waals surface area contributed by atoms with E-state index in [-0.39, 0.29) is 5.91 Å². The summed E-state index contributed by atoms with van der Waals surface area (Å²) in [7, 11) is 0. The van der Waals surface area contributed by atoms with Crippen LogP contribution in [-0.4, -0.2) is 18.5 Å². The lowest BCUT2D eigenvalue weighted by atomic mass is 10.2. The Morgan fingerprint density at radius 2 is 1.81 bits per heavy atom. The second-order valence-electron chi connectivity index (χ2n) is 5.53. The van der Waals surface area contributed by atoms with Crippen molar-refractivity contribution in [1.29, 1.82) is 0 Å². The fourth-order valence-electron chi connectivity index (χ4n) is 2.13. The molecule has 0 spiro atoms. The number of esters is 1. The van der Waals surface area contributed by atoms with Gasteiger partial charge in [0.05, 0.1) is 12.2 Å². The number of amides is 1. The van der Waals surface area contributed by atoms with Gasteiger partial charge in [0.2, 0.25) is 5.91 Å². The van der Waals surface area contributed by atoms with Crippen LogP contribution in [0.4, 0.5) is 5.69 Å². The van der Waals surface area contributed by atoms with E-state index < -0.39 is 5.97 Å². The van der Waals surface area contributed by atoms with E-state index in [9.17, 15) is 9.59 Å². The zero-order valence-electron chi connectivity index (χ0n) is 14.3. The standard InChI is InChI=1S/C20H19Cl2NO3/c1-2-3-12-26-20(25)14-6-4-7-15(13-14)23-19(24)11-10-16-17(21)8-5-9-18(16)22/h4-11,13H,2-3,12H2,1H3,(H,23,24)/b11-10+. The maximum absolute atomic E-state index is 12.1. The number of anilines is 1. The van der Waals surface area contributed by atoms with Crippen molar-refractivity contribution in [2.24, 2.45) is 0 Å². The molecule has 0 aliphatic heterocycles. The van der Waals surface area contributed by atoms with Gasteiger partial charge in [-0.25, -0.2) is 4.79 Å². The van der Waals surface area contributed by atoms with Crippen LogP contribution in [-0.2, 0) is 9.53 Å². The maximum atomic E-state index is 12.1. The highest BCUT2D eigenvalue weighted by atomic mass is 35.5. The van der Waals surface area contributed by atoms with Crippen LogP contribution >= 0.6 is 23.2 Å². The molecule has 0 saturated heterocycles. The third-order valence-corrected chi connectivity index (χ3v) is 4.16. The van der Waals surface area contributed by atoms with Gasteiger partial charge in [-0.1, -0.05) is 48.7 Å². The number of unbranched alkanes of at least 4 members (excludes halogenated alkanes) is 1. The first kappa shape index (κ1) is 20.0. The Morgan fingerprint density at radius 3 is 2.50 bits per heavy atom. The summed E-state index contributed by atoms with van der Waals surface area (Å²) in [5.41, 5.74) is 1.45. The molecule has 0 unspecified atom stereocenters. The van der Waals surface area contributed by atoms with Gasteiger partial charge < -0.3 is 10.1 Å². The molecule has 0 saturated carbocycles. The predicted molar refractivity (Wildman–Crippen MR) is 106 cm³/mol. The molecule has 1 N–H and O–H groups in total. The quantitative estimate of drug-likeness (QED) is 0.379. The van der Waals surface area contributed by atoms with Crippen molar-refractivity contribution in [2.75, 3.05) is 11.9 Å². The van der Waals surface area contributed by atoms with Crippen molar-refractivity contribution in [3.05, 3.63) is 69.7 Å². The molecular formula is C20H19Cl2NO3. The van der Waals surface area contributed by atoms with Gasteiger partial charge in [-0.3, -0.25) is 4.79 Å². The number of benzene rings is 2. The number of nitrogens with one attached hydrogen (secondary N) is 1. The van der Waals surface area contributed by atoms with Crippen LogP contribution in [0.3, 0.4) is 0 Å². The van der Waals surface area contributed by atoms with Gasteiger partial charge in [0.15, 0.2) is 0 Å². The van der Waals surface area contributed by atoms with Gasteiger partial charge in [0.1, 0.15) is 0 Å². The molecular weight excluding hydrogens is 373 g/mol. The summed E-state index contributed by atoms with van der Waals surface area (Å²) in [5.74, 6) is -0.773. The van der Waals surface area contributed by atoms with E-state index in [4.69, 9.17) is 27.9 Å². The molecule has 26 heavy (non-hydrogen) atoms. The molecule has 2 aromatic rings. The molecule has 0 aromatic heterocycles. The Hall–Kier alpha value is -2.30. The van der Waals surface area contributed by atoms with Crippen LogP contribution in [0.15, 0.2) is 48.5 Å². The van der Waals surface area contributed by atoms with Gasteiger partial charge in [-0.2, -0.15) is 0 Å². The highest BCUT2D eigenvalue weighted by Crippen LogP contribution is 2.25. The minimum absolute atomic E-state index is 0.363. The first-order chi connectivity index (χ1) is 12.5. The minimum Gasteiger partial charge on any atom is -0.462 e. The number of carbonyl (C=O) groups excluding carboxylic acids is 2. The largest absolute Gasteiger partial charge is 0.462 e. The summed E-state index contributed by atoms with van der Waals surface area (Å²) < 4.78 is 5.17. The van der Waals surface area contributed by atoms with E-state index in [0.717, 1.165) is 12.8 Å². The minimum atomic E-state index is -0.409. The summed E-state index contributed by atoms with van der Waals surface area (Å²) in [6, 6.07) is 11.7. The number of hydrogen-bond acceptors (Lipinski definition) is 3. The average Bonchev–Trinajstić information content (AvgIpc) is 2.61. The Labute approximate surface area is 162 Å². The van der Waals surface area contributed by atoms with Crippen LogP contribution in [0, 0.1) is 0 Å². The van der Waals surface area contributed by atoms with Crippen molar-refractivity contribution < 1.29 is 14.3 Å². The Balaban J connectivity index is 2.02. The Morgan fingerprint density at radius 1 is 1.12 bits per heavy atom. The van der Waals surface area contributed by atoms with Crippen molar-refractivity contribution in [1.82, 2.24) is 0 Å². The monoisotopic (exact) mass is 391 g/mol. The van der Waals surface area contributed by atoms with E-state index >= 15 is 0 Å². The van der Waals surface area contributed by atoms with Gasteiger partial charge >= 0.3 is 5.97 Å². The number of hydrogen-bond donors (Lipinski definition) is 1. The molecule has 0 heterocycles. The smallest absolute Gasteiger partial charge is 0.338 e. The molecule has 0 aliphatic rings. The van der Waals surface area contributed by atoms with Gasteiger partial charge in [-0.05, 0) is 42.8 Å². The normalized spacial score (nSPS) is 10.7. The summed E-state index contributed by atoms with van der Waals surface area (Å²) in [6.45, 7) is 2.40. The molecule has 1 amide bonds. The zero-order valence-corrected chi connectivity index (χ0v) is 15.8. The molecule has 4 nitrogen and oxygen atoms in total. The second-order valence-corrected chi connectivity index (χ2v) is 6.34. The van der Waals surface area contributed by atoms with Crippen molar-refractivity contribution in [2.45, 2.75) is 19.8 Å². The fourth-order valence-corrected chi connectivity index (χ4v) is 2.65. The van der Waals surface area contributed by atoms with Crippen LogP contribution in [0.25, 0.3) is 6.08 Å². The van der Waals surface area contributed by atoms with Crippen LogP contribution in [0.1, 0.15) is 35.7 Å². The summed E-state index contributed by atoms with van der Waals surface area (Å²) in [5, 5.41) is 3.61. The van der Waals surface area contributed by atoms with E-state index in [1.807, 2.05) is 6.92 Å².